The van der Waals surface area contributed by atoms with E-state index in [2.05, 4.69) is 4.72 Å². The van der Waals surface area contributed by atoms with Crippen LogP contribution in [0, 0.1) is 0 Å². The van der Waals surface area contributed by atoms with Crippen LogP contribution in [0.3, 0.4) is 0 Å². The van der Waals surface area contributed by atoms with Crippen molar-refractivity contribution in [2.24, 2.45) is 0 Å². The summed E-state index contributed by atoms with van der Waals surface area (Å²) in [6.45, 7) is 6.03. The lowest BCUT2D eigenvalue weighted by Crippen LogP contribution is -2.24. The second-order valence-corrected chi connectivity index (χ2v) is 7.65. The molecule has 6 heteroatoms. The van der Waals surface area contributed by atoms with Crippen molar-refractivity contribution in [1.82, 2.24) is 4.72 Å². The van der Waals surface area contributed by atoms with Gasteiger partial charge in [-0.3, -0.25) is 0 Å². The molecule has 0 amide bonds. The molecule has 0 aromatic heterocycles. The summed E-state index contributed by atoms with van der Waals surface area (Å²) in [5.74, 6) is 0. The minimum absolute atomic E-state index is 0.0701. The van der Waals surface area contributed by atoms with Crippen molar-refractivity contribution < 1.29 is 13.5 Å². The molecule has 0 fully saturated rings. The van der Waals surface area contributed by atoms with E-state index >= 15 is 0 Å². The van der Waals surface area contributed by atoms with Gasteiger partial charge in [0.25, 0.3) is 0 Å². The Morgan fingerprint density at radius 3 is 2.32 bits per heavy atom. The lowest BCUT2D eigenvalue weighted by Gasteiger charge is -2.14. The zero-order valence-corrected chi connectivity index (χ0v) is 13.1. The minimum atomic E-state index is -3.39. The van der Waals surface area contributed by atoms with Crippen molar-refractivity contribution in [2.45, 2.75) is 48.3 Å². The molecular weight excluding hydrogens is 282 g/mol. The van der Waals surface area contributed by atoms with Gasteiger partial charge >= 0.3 is 0 Å². The highest BCUT2D eigenvalue weighted by atomic mass is 32.2. The van der Waals surface area contributed by atoms with Crippen LogP contribution in [0.25, 0.3) is 0 Å². The molecule has 108 valence electrons. The van der Waals surface area contributed by atoms with Crippen LogP contribution in [0.4, 0.5) is 0 Å². The van der Waals surface area contributed by atoms with Gasteiger partial charge in [-0.15, -0.1) is 11.8 Å². The molecule has 19 heavy (non-hydrogen) atoms. The lowest BCUT2D eigenvalue weighted by atomic mass is 10.3. The van der Waals surface area contributed by atoms with Gasteiger partial charge in [0, 0.05) is 16.7 Å². The molecule has 2 N–H and O–H groups in total. The van der Waals surface area contributed by atoms with Crippen LogP contribution >= 0.6 is 11.8 Å². The highest BCUT2D eigenvalue weighted by Gasteiger charge is 2.14. The van der Waals surface area contributed by atoms with Crippen molar-refractivity contribution in [2.75, 3.05) is 6.54 Å². The molecule has 0 saturated heterocycles. The zero-order valence-electron chi connectivity index (χ0n) is 11.5. The third kappa shape index (κ3) is 5.14. The third-order valence-corrected chi connectivity index (χ3v) is 5.46. The first-order valence-electron chi connectivity index (χ1n) is 6.31. The Morgan fingerprint density at radius 2 is 1.84 bits per heavy atom. The summed E-state index contributed by atoms with van der Waals surface area (Å²) < 4.78 is 26.3. The van der Waals surface area contributed by atoms with Gasteiger partial charge in [0.1, 0.15) is 0 Å². The van der Waals surface area contributed by atoms with E-state index in [1.165, 1.54) is 11.8 Å². The zero-order chi connectivity index (χ0) is 14.5. The minimum Gasteiger partial charge on any atom is -0.392 e. The van der Waals surface area contributed by atoms with Crippen molar-refractivity contribution in [3.05, 3.63) is 24.3 Å². The Morgan fingerprint density at radius 1 is 1.26 bits per heavy atom. The van der Waals surface area contributed by atoms with Crippen molar-refractivity contribution in [1.29, 1.82) is 0 Å². The van der Waals surface area contributed by atoms with Crippen LogP contribution in [0.15, 0.2) is 34.1 Å². The number of aliphatic hydroxyl groups excluding tert-OH is 1. The van der Waals surface area contributed by atoms with Crippen LogP contribution in [0.2, 0.25) is 0 Å². The van der Waals surface area contributed by atoms with E-state index in [0.29, 0.717) is 6.54 Å². The number of sulfonamides is 1. The molecule has 1 rings (SSSR count). The summed E-state index contributed by atoms with van der Waals surface area (Å²) in [5.41, 5.74) is 0. The van der Waals surface area contributed by atoms with Crippen molar-refractivity contribution >= 4 is 21.8 Å². The topological polar surface area (TPSA) is 66.4 Å². The predicted molar refractivity (Wildman–Crippen MR) is 78.9 cm³/mol. The fourth-order valence-electron chi connectivity index (χ4n) is 1.33. The van der Waals surface area contributed by atoms with E-state index in [1.807, 2.05) is 13.8 Å². The van der Waals surface area contributed by atoms with E-state index in [0.717, 1.165) is 11.3 Å². The van der Waals surface area contributed by atoms with Gasteiger partial charge in [-0.2, -0.15) is 0 Å². The van der Waals surface area contributed by atoms with E-state index in [4.69, 9.17) is 0 Å². The molecule has 0 saturated carbocycles. The summed E-state index contributed by atoms with van der Waals surface area (Å²) in [7, 11) is -3.39. The average Bonchev–Trinajstić information content (AvgIpc) is 2.37. The number of hydrogen-bond acceptors (Lipinski definition) is 4. The fraction of sp³-hybridized carbons (Fsp3) is 0.538. The molecule has 4 nitrogen and oxygen atoms in total. The third-order valence-electron chi connectivity index (χ3n) is 2.68. The smallest absolute Gasteiger partial charge is 0.240 e. The number of nitrogens with one attached hydrogen (secondary N) is 1. The van der Waals surface area contributed by atoms with Crippen molar-refractivity contribution in [3.63, 3.8) is 0 Å². The quantitative estimate of drug-likeness (QED) is 0.758. The molecule has 2 unspecified atom stereocenters. The highest BCUT2D eigenvalue weighted by molar-refractivity contribution is 8.00. The summed E-state index contributed by atoms with van der Waals surface area (Å²) in [6, 6.07) is 6.72. The Bertz CT molecular complexity index is 483. The van der Waals surface area contributed by atoms with Gasteiger partial charge in [-0.05, 0) is 37.6 Å². The predicted octanol–water partition coefficient (Wildman–Crippen LogP) is 2.24. The summed E-state index contributed by atoms with van der Waals surface area (Å²) in [5, 5.41) is 9.51. The monoisotopic (exact) mass is 303 g/mol. The van der Waals surface area contributed by atoms with E-state index in [9.17, 15) is 13.5 Å². The largest absolute Gasteiger partial charge is 0.392 e. The van der Waals surface area contributed by atoms with Gasteiger partial charge in [0.15, 0.2) is 0 Å². The maximum absolute atomic E-state index is 11.9. The molecule has 2 atom stereocenters. The number of rotatable bonds is 7. The van der Waals surface area contributed by atoms with Gasteiger partial charge < -0.3 is 5.11 Å². The van der Waals surface area contributed by atoms with Gasteiger partial charge in [-0.1, -0.05) is 13.8 Å². The standard InChI is InChI=1S/C13H21NO3S2/c1-4-9-14-19(16,17)13-7-5-12(6-8-13)18-11(3)10(2)15/h5-8,10-11,14-15H,4,9H2,1-3H3. The average molecular weight is 303 g/mol. The normalized spacial score (nSPS) is 15.2. The Hall–Kier alpha value is -0.560. The molecule has 0 aliphatic carbocycles. The van der Waals surface area contributed by atoms with Crippen LogP contribution in [0.1, 0.15) is 27.2 Å². The van der Waals surface area contributed by atoms with E-state index < -0.39 is 16.1 Å². The summed E-state index contributed by atoms with van der Waals surface area (Å²) >= 11 is 1.52. The summed E-state index contributed by atoms with van der Waals surface area (Å²) in [4.78, 5) is 1.22. The highest BCUT2D eigenvalue weighted by Crippen LogP contribution is 2.26. The fourth-order valence-corrected chi connectivity index (χ4v) is 3.38. The van der Waals surface area contributed by atoms with Crippen molar-refractivity contribution in [3.8, 4) is 0 Å². The Balaban J connectivity index is 2.76. The summed E-state index contributed by atoms with van der Waals surface area (Å²) in [6.07, 6.45) is 0.360. The second kappa shape index (κ2) is 7.28. The molecule has 0 bridgehead atoms. The van der Waals surface area contributed by atoms with E-state index in [-0.39, 0.29) is 10.1 Å². The van der Waals surface area contributed by atoms with Crippen LogP contribution < -0.4 is 4.72 Å². The molecule has 0 aliphatic heterocycles. The second-order valence-electron chi connectivity index (χ2n) is 4.43. The molecular formula is C13H21NO3S2. The first kappa shape index (κ1) is 16.5. The number of benzene rings is 1. The first-order chi connectivity index (χ1) is 8.86. The van der Waals surface area contributed by atoms with E-state index in [1.54, 1.807) is 31.2 Å². The first-order valence-corrected chi connectivity index (χ1v) is 8.67. The maximum atomic E-state index is 11.9. The molecule has 1 aromatic rings. The molecule has 0 radical (unpaired) electrons. The van der Waals surface area contributed by atoms with Gasteiger partial charge in [0.2, 0.25) is 10.0 Å². The van der Waals surface area contributed by atoms with Crippen LogP contribution in [-0.2, 0) is 10.0 Å². The molecule has 0 spiro atoms. The van der Waals surface area contributed by atoms with Crippen LogP contribution in [-0.4, -0.2) is 31.4 Å². The Labute approximate surface area is 119 Å². The number of hydrogen-bond donors (Lipinski definition) is 2. The SMILES string of the molecule is CCCNS(=O)(=O)c1ccc(SC(C)C(C)O)cc1. The maximum Gasteiger partial charge on any atom is 0.240 e. The lowest BCUT2D eigenvalue weighted by molar-refractivity contribution is 0.196. The Kier molecular flexibility index (Phi) is 6.32. The number of aliphatic hydroxyl groups is 1. The van der Waals surface area contributed by atoms with Gasteiger partial charge in [0.05, 0.1) is 11.0 Å². The van der Waals surface area contributed by atoms with Gasteiger partial charge in [-0.25, -0.2) is 13.1 Å². The van der Waals surface area contributed by atoms with Crippen LogP contribution in [0.5, 0.6) is 0 Å². The molecule has 0 aliphatic rings. The molecule has 0 heterocycles. The molecule has 1 aromatic carbocycles. The number of thioether (sulfide) groups is 1.